The van der Waals surface area contributed by atoms with Gasteiger partial charge in [0.05, 0.1) is 17.9 Å². The molecule has 23 heavy (non-hydrogen) atoms. The number of halogens is 1. The quantitative estimate of drug-likeness (QED) is 0.863. The third-order valence-corrected chi connectivity index (χ3v) is 5.57. The smallest absolute Gasteiger partial charge is 0.211 e. The summed E-state index contributed by atoms with van der Waals surface area (Å²) in [5.74, 6) is -0.150. The lowest BCUT2D eigenvalue weighted by Crippen LogP contribution is -2.44. The Balaban J connectivity index is 1.99. The number of ether oxygens (including phenoxy) is 1. The number of nitrogens with zero attached hydrogens (tertiary/aromatic N) is 1. The lowest BCUT2D eigenvalue weighted by Gasteiger charge is -2.31. The van der Waals surface area contributed by atoms with E-state index in [0.29, 0.717) is 12.4 Å². The maximum atomic E-state index is 13.6. The summed E-state index contributed by atoms with van der Waals surface area (Å²) in [5.41, 5.74) is -0.0244. The van der Waals surface area contributed by atoms with Gasteiger partial charge in [0.15, 0.2) is 0 Å². The van der Waals surface area contributed by atoms with Gasteiger partial charge in [-0.05, 0) is 31.9 Å². The molecule has 1 N–H and O–H groups in total. The van der Waals surface area contributed by atoms with Crippen molar-refractivity contribution in [2.45, 2.75) is 38.6 Å². The summed E-state index contributed by atoms with van der Waals surface area (Å²) in [7, 11) is -3.25. The molecule has 1 aliphatic rings. The standard InChI is InChI=1S/C16H21FN2O3S/c1-2-23(20,21)19-16-6-4-3-5-13(16)11-22-14-8-7-12(10-18)15(17)9-14/h7-9,13,16,19H,2-6,11H2,1H3/t13-,16?/m1/s1. The highest BCUT2D eigenvalue weighted by Crippen LogP contribution is 2.26. The zero-order valence-corrected chi connectivity index (χ0v) is 13.9. The van der Waals surface area contributed by atoms with Crippen molar-refractivity contribution in [2.75, 3.05) is 12.4 Å². The molecule has 0 saturated heterocycles. The van der Waals surface area contributed by atoms with Crippen molar-refractivity contribution < 1.29 is 17.5 Å². The van der Waals surface area contributed by atoms with Crippen LogP contribution in [-0.2, 0) is 10.0 Å². The SMILES string of the molecule is CCS(=O)(=O)NC1CCCC[C@@H]1COc1ccc(C#N)c(F)c1. The molecule has 0 aliphatic heterocycles. The summed E-state index contributed by atoms with van der Waals surface area (Å²) < 4.78 is 45.5. The summed E-state index contributed by atoms with van der Waals surface area (Å²) >= 11 is 0. The highest BCUT2D eigenvalue weighted by atomic mass is 32.2. The molecule has 1 aromatic carbocycles. The molecule has 1 saturated carbocycles. The Kier molecular flexibility index (Phi) is 5.97. The van der Waals surface area contributed by atoms with E-state index in [1.807, 2.05) is 0 Å². The second-order valence-corrected chi connectivity index (χ2v) is 7.78. The lowest BCUT2D eigenvalue weighted by atomic mass is 9.86. The van der Waals surface area contributed by atoms with Gasteiger partial charge in [-0.2, -0.15) is 5.26 Å². The largest absolute Gasteiger partial charge is 0.493 e. The fourth-order valence-corrected chi connectivity index (χ4v) is 3.69. The molecular weight excluding hydrogens is 319 g/mol. The molecule has 7 heteroatoms. The molecule has 0 aromatic heterocycles. The van der Waals surface area contributed by atoms with Gasteiger partial charge < -0.3 is 4.74 Å². The van der Waals surface area contributed by atoms with Crippen molar-refractivity contribution in [1.82, 2.24) is 4.72 Å². The van der Waals surface area contributed by atoms with E-state index in [1.165, 1.54) is 12.1 Å². The summed E-state index contributed by atoms with van der Waals surface area (Å²) in [4.78, 5) is 0. The van der Waals surface area contributed by atoms with E-state index in [2.05, 4.69) is 4.72 Å². The minimum absolute atomic E-state index is 0.0244. The molecule has 0 heterocycles. The minimum atomic E-state index is -3.25. The summed E-state index contributed by atoms with van der Waals surface area (Å²) in [6, 6.07) is 5.73. The molecule has 0 spiro atoms. The van der Waals surface area contributed by atoms with Crippen LogP contribution >= 0.6 is 0 Å². The van der Waals surface area contributed by atoms with Gasteiger partial charge in [-0.15, -0.1) is 0 Å². The van der Waals surface area contributed by atoms with Gasteiger partial charge in [0.25, 0.3) is 0 Å². The number of benzene rings is 1. The summed E-state index contributed by atoms with van der Waals surface area (Å²) in [5, 5.41) is 8.71. The first-order chi connectivity index (χ1) is 10.9. The Labute approximate surface area is 136 Å². The van der Waals surface area contributed by atoms with Gasteiger partial charge in [-0.1, -0.05) is 12.8 Å². The Morgan fingerprint density at radius 1 is 1.39 bits per heavy atom. The first kappa shape index (κ1) is 17.7. The predicted octanol–water partition coefficient (Wildman–Crippen LogP) is 2.57. The van der Waals surface area contributed by atoms with Crippen LogP contribution < -0.4 is 9.46 Å². The van der Waals surface area contributed by atoms with Crippen LogP contribution in [0.15, 0.2) is 18.2 Å². The van der Waals surface area contributed by atoms with Crippen LogP contribution in [0.3, 0.4) is 0 Å². The van der Waals surface area contributed by atoms with Crippen LogP contribution in [0.1, 0.15) is 38.2 Å². The number of sulfonamides is 1. The predicted molar refractivity (Wildman–Crippen MR) is 85.0 cm³/mol. The Morgan fingerprint density at radius 3 is 2.78 bits per heavy atom. The summed E-state index contributed by atoms with van der Waals surface area (Å²) in [6.45, 7) is 1.93. The van der Waals surface area contributed by atoms with E-state index < -0.39 is 15.8 Å². The molecular formula is C16H21FN2O3S. The topological polar surface area (TPSA) is 79.2 Å². The van der Waals surface area contributed by atoms with Crippen LogP contribution in [0.2, 0.25) is 0 Å². The van der Waals surface area contributed by atoms with Crippen molar-refractivity contribution in [3.63, 3.8) is 0 Å². The van der Waals surface area contributed by atoms with Crippen LogP contribution in [0.4, 0.5) is 4.39 Å². The van der Waals surface area contributed by atoms with Gasteiger partial charge in [0, 0.05) is 18.0 Å². The van der Waals surface area contributed by atoms with Crippen LogP contribution in [0.5, 0.6) is 5.75 Å². The van der Waals surface area contributed by atoms with Crippen molar-refractivity contribution in [1.29, 1.82) is 5.26 Å². The maximum Gasteiger partial charge on any atom is 0.211 e. The number of nitrogens with one attached hydrogen (secondary N) is 1. The second-order valence-electron chi connectivity index (χ2n) is 5.74. The molecule has 2 atom stereocenters. The van der Waals surface area contributed by atoms with Crippen molar-refractivity contribution >= 4 is 10.0 Å². The van der Waals surface area contributed by atoms with E-state index in [9.17, 15) is 12.8 Å². The van der Waals surface area contributed by atoms with Crippen molar-refractivity contribution in [3.05, 3.63) is 29.6 Å². The molecule has 1 aromatic rings. The molecule has 0 bridgehead atoms. The number of hydrogen-bond acceptors (Lipinski definition) is 4. The van der Waals surface area contributed by atoms with Gasteiger partial charge >= 0.3 is 0 Å². The molecule has 126 valence electrons. The first-order valence-corrected chi connectivity index (χ1v) is 9.43. The van der Waals surface area contributed by atoms with E-state index in [1.54, 1.807) is 19.1 Å². The molecule has 2 rings (SSSR count). The summed E-state index contributed by atoms with van der Waals surface area (Å²) in [6.07, 6.45) is 3.67. The zero-order valence-electron chi connectivity index (χ0n) is 13.1. The fraction of sp³-hybridized carbons (Fsp3) is 0.562. The Hall–Kier alpha value is -1.65. The van der Waals surface area contributed by atoms with E-state index in [0.717, 1.165) is 25.7 Å². The average molecular weight is 340 g/mol. The molecule has 1 aliphatic carbocycles. The minimum Gasteiger partial charge on any atom is -0.493 e. The third-order valence-electron chi connectivity index (χ3n) is 4.15. The van der Waals surface area contributed by atoms with E-state index in [4.69, 9.17) is 10.00 Å². The Morgan fingerprint density at radius 2 is 2.13 bits per heavy atom. The third kappa shape index (κ3) is 4.91. The van der Waals surface area contributed by atoms with E-state index in [-0.39, 0.29) is 23.3 Å². The number of hydrogen-bond donors (Lipinski definition) is 1. The number of rotatable bonds is 6. The molecule has 5 nitrogen and oxygen atoms in total. The molecule has 1 unspecified atom stereocenters. The van der Waals surface area contributed by atoms with E-state index >= 15 is 0 Å². The normalized spacial score (nSPS) is 21.6. The highest BCUT2D eigenvalue weighted by molar-refractivity contribution is 7.89. The average Bonchev–Trinajstić information content (AvgIpc) is 2.54. The van der Waals surface area contributed by atoms with Crippen molar-refractivity contribution in [3.8, 4) is 11.8 Å². The van der Waals surface area contributed by atoms with Crippen LogP contribution in [-0.4, -0.2) is 26.8 Å². The first-order valence-electron chi connectivity index (χ1n) is 7.77. The van der Waals surface area contributed by atoms with Crippen LogP contribution in [0, 0.1) is 23.1 Å². The van der Waals surface area contributed by atoms with Crippen molar-refractivity contribution in [2.24, 2.45) is 5.92 Å². The van der Waals surface area contributed by atoms with Gasteiger partial charge in [-0.3, -0.25) is 0 Å². The zero-order chi connectivity index (χ0) is 16.9. The highest BCUT2D eigenvalue weighted by Gasteiger charge is 2.28. The number of nitriles is 1. The fourth-order valence-electron chi connectivity index (χ4n) is 2.76. The molecule has 1 fully saturated rings. The van der Waals surface area contributed by atoms with Gasteiger partial charge in [0.1, 0.15) is 17.6 Å². The monoisotopic (exact) mass is 340 g/mol. The Bertz CT molecular complexity index is 685. The molecule has 0 radical (unpaired) electrons. The maximum absolute atomic E-state index is 13.6. The van der Waals surface area contributed by atoms with Gasteiger partial charge in [0.2, 0.25) is 10.0 Å². The second kappa shape index (κ2) is 7.75. The van der Waals surface area contributed by atoms with Gasteiger partial charge in [-0.25, -0.2) is 17.5 Å². The lowest BCUT2D eigenvalue weighted by molar-refractivity contribution is 0.180. The molecule has 0 amide bonds. The van der Waals surface area contributed by atoms with Crippen LogP contribution in [0.25, 0.3) is 0 Å².